The predicted molar refractivity (Wildman–Crippen MR) is 65.4 cm³/mol. The highest BCUT2D eigenvalue weighted by Gasteiger charge is 2.13. The summed E-state index contributed by atoms with van der Waals surface area (Å²) in [6.07, 6.45) is 0. The number of hydrogen-bond acceptors (Lipinski definition) is 7. The Balaban J connectivity index is 2.41. The summed E-state index contributed by atoms with van der Waals surface area (Å²) in [5.41, 5.74) is 2.85. The van der Waals surface area contributed by atoms with Crippen molar-refractivity contribution in [1.29, 1.82) is 0 Å². The van der Waals surface area contributed by atoms with Crippen LogP contribution in [0.2, 0.25) is 5.15 Å². The fourth-order valence-corrected chi connectivity index (χ4v) is 1.67. The number of aromatic nitrogens is 4. The SMILES string of the molecule is CC(C)=NOc1cc(Cl)nnc1-c1nncs1. The molecule has 2 heterocycles. The van der Waals surface area contributed by atoms with E-state index in [2.05, 4.69) is 25.6 Å². The molecule has 0 saturated heterocycles. The van der Waals surface area contributed by atoms with Crippen LogP contribution in [-0.4, -0.2) is 26.1 Å². The molecule has 0 N–H and O–H groups in total. The number of nitrogens with zero attached hydrogens (tertiary/aromatic N) is 5. The summed E-state index contributed by atoms with van der Waals surface area (Å²) in [5, 5.41) is 20.0. The maximum Gasteiger partial charge on any atom is 0.191 e. The van der Waals surface area contributed by atoms with Crippen LogP contribution in [0.5, 0.6) is 5.75 Å². The number of hydrogen-bond donors (Lipinski definition) is 0. The van der Waals surface area contributed by atoms with Crippen molar-refractivity contribution >= 4 is 28.6 Å². The van der Waals surface area contributed by atoms with Crippen LogP contribution in [0.15, 0.2) is 16.7 Å². The topological polar surface area (TPSA) is 73.2 Å². The molecule has 2 rings (SSSR count). The van der Waals surface area contributed by atoms with Crippen molar-refractivity contribution in [3.05, 3.63) is 16.7 Å². The van der Waals surface area contributed by atoms with Gasteiger partial charge in [0.1, 0.15) is 5.51 Å². The Morgan fingerprint density at radius 1 is 1.35 bits per heavy atom. The summed E-state index contributed by atoms with van der Waals surface area (Å²) in [6, 6.07) is 1.54. The zero-order valence-electron chi connectivity index (χ0n) is 9.09. The van der Waals surface area contributed by atoms with E-state index in [1.165, 1.54) is 17.4 Å². The quantitative estimate of drug-likeness (QED) is 0.632. The fraction of sp³-hybridized carbons (Fsp3) is 0.222. The van der Waals surface area contributed by atoms with Crippen molar-refractivity contribution in [3.8, 4) is 16.5 Å². The molecule has 88 valence electrons. The maximum absolute atomic E-state index is 5.76. The number of oxime groups is 1. The van der Waals surface area contributed by atoms with E-state index in [-0.39, 0.29) is 5.15 Å². The van der Waals surface area contributed by atoms with E-state index in [1.807, 2.05) is 13.8 Å². The first-order valence-corrected chi connectivity index (χ1v) is 5.90. The van der Waals surface area contributed by atoms with E-state index in [0.29, 0.717) is 16.5 Å². The Bertz CT molecular complexity index is 538. The third-order valence-electron chi connectivity index (χ3n) is 1.62. The lowest BCUT2D eigenvalue weighted by Gasteiger charge is -2.03. The van der Waals surface area contributed by atoms with Crippen LogP contribution in [-0.2, 0) is 0 Å². The lowest BCUT2D eigenvalue weighted by atomic mass is 10.4. The van der Waals surface area contributed by atoms with Gasteiger partial charge in [0.25, 0.3) is 0 Å². The third kappa shape index (κ3) is 2.95. The maximum atomic E-state index is 5.76. The molecule has 0 saturated carbocycles. The Hall–Kier alpha value is -1.60. The van der Waals surface area contributed by atoms with Crippen LogP contribution in [0.3, 0.4) is 0 Å². The van der Waals surface area contributed by atoms with Crippen molar-refractivity contribution in [2.45, 2.75) is 13.8 Å². The molecule has 0 aliphatic heterocycles. The molecule has 8 heteroatoms. The van der Waals surface area contributed by atoms with Crippen molar-refractivity contribution in [3.63, 3.8) is 0 Å². The molecule has 2 aromatic rings. The molecule has 6 nitrogen and oxygen atoms in total. The van der Waals surface area contributed by atoms with Crippen LogP contribution in [0.1, 0.15) is 13.8 Å². The zero-order valence-corrected chi connectivity index (χ0v) is 10.7. The van der Waals surface area contributed by atoms with Crippen LogP contribution in [0, 0.1) is 0 Å². The molecule has 0 aromatic carbocycles. The average Bonchev–Trinajstić information content (AvgIpc) is 2.80. The molecular formula is C9H8ClN5OS. The highest BCUT2D eigenvalue weighted by atomic mass is 35.5. The Labute approximate surface area is 106 Å². The smallest absolute Gasteiger partial charge is 0.191 e. The zero-order chi connectivity index (χ0) is 12.3. The van der Waals surface area contributed by atoms with E-state index in [0.717, 1.165) is 5.71 Å². The van der Waals surface area contributed by atoms with E-state index >= 15 is 0 Å². The minimum absolute atomic E-state index is 0.234. The molecule has 17 heavy (non-hydrogen) atoms. The molecule has 0 unspecified atom stereocenters. The minimum atomic E-state index is 0.234. The van der Waals surface area contributed by atoms with Gasteiger partial charge in [-0.3, -0.25) is 0 Å². The van der Waals surface area contributed by atoms with Crippen LogP contribution < -0.4 is 4.84 Å². The average molecular weight is 270 g/mol. The van der Waals surface area contributed by atoms with Gasteiger partial charge < -0.3 is 4.84 Å². The molecule has 0 aliphatic carbocycles. The van der Waals surface area contributed by atoms with Gasteiger partial charge in [0.2, 0.25) is 0 Å². The van der Waals surface area contributed by atoms with E-state index in [4.69, 9.17) is 16.4 Å². The number of halogens is 1. The molecular weight excluding hydrogens is 262 g/mol. The Morgan fingerprint density at radius 2 is 2.18 bits per heavy atom. The van der Waals surface area contributed by atoms with Crippen molar-refractivity contribution in [2.75, 3.05) is 0 Å². The summed E-state index contributed by atoms with van der Waals surface area (Å²) in [6.45, 7) is 3.64. The monoisotopic (exact) mass is 269 g/mol. The van der Waals surface area contributed by atoms with Gasteiger partial charge in [-0.05, 0) is 13.8 Å². The minimum Gasteiger partial charge on any atom is -0.354 e. The van der Waals surface area contributed by atoms with Gasteiger partial charge in [-0.25, -0.2) is 0 Å². The second kappa shape index (κ2) is 5.15. The van der Waals surface area contributed by atoms with E-state index < -0.39 is 0 Å². The standard InChI is InChI=1S/C9H8ClN5OS/c1-5(2)15-16-6-3-7(10)12-13-8(6)9-14-11-4-17-9/h3-4H,1-2H3. The summed E-state index contributed by atoms with van der Waals surface area (Å²) in [5.74, 6) is 0.406. The van der Waals surface area contributed by atoms with Gasteiger partial charge in [-0.1, -0.05) is 28.1 Å². The molecule has 2 aromatic heterocycles. The number of rotatable bonds is 3. The van der Waals surface area contributed by atoms with Crippen LogP contribution in [0.4, 0.5) is 0 Å². The van der Waals surface area contributed by atoms with Gasteiger partial charge in [0.15, 0.2) is 21.6 Å². The van der Waals surface area contributed by atoms with Gasteiger partial charge in [0.05, 0.1) is 5.71 Å². The van der Waals surface area contributed by atoms with Gasteiger partial charge in [0, 0.05) is 6.07 Å². The first kappa shape index (κ1) is 11.9. The lowest BCUT2D eigenvalue weighted by molar-refractivity contribution is 0.340. The van der Waals surface area contributed by atoms with Crippen LogP contribution in [0.25, 0.3) is 10.7 Å². The molecule has 0 fully saturated rings. The molecule has 0 spiro atoms. The predicted octanol–water partition coefficient (Wildman–Crippen LogP) is 2.42. The summed E-state index contributed by atoms with van der Waals surface area (Å²) >= 11 is 7.09. The van der Waals surface area contributed by atoms with Crippen molar-refractivity contribution in [1.82, 2.24) is 20.4 Å². The Kier molecular flexibility index (Phi) is 3.60. The first-order valence-electron chi connectivity index (χ1n) is 4.65. The first-order chi connectivity index (χ1) is 8.16. The lowest BCUT2D eigenvalue weighted by Crippen LogP contribution is -1.96. The van der Waals surface area contributed by atoms with Crippen molar-refractivity contribution in [2.24, 2.45) is 5.16 Å². The summed E-state index contributed by atoms with van der Waals surface area (Å²) in [4.78, 5) is 5.24. The molecule has 0 atom stereocenters. The van der Waals surface area contributed by atoms with Crippen LogP contribution >= 0.6 is 22.9 Å². The Morgan fingerprint density at radius 3 is 2.82 bits per heavy atom. The second-order valence-electron chi connectivity index (χ2n) is 3.25. The van der Waals surface area contributed by atoms with E-state index in [9.17, 15) is 0 Å². The van der Waals surface area contributed by atoms with E-state index in [1.54, 1.807) is 5.51 Å². The highest BCUT2D eigenvalue weighted by Crippen LogP contribution is 2.29. The molecule has 0 aliphatic rings. The molecule has 0 bridgehead atoms. The second-order valence-corrected chi connectivity index (χ2v) is 4.47. The summed E-state index contributed by atoms with van der Waals surface area (Å²) < 4.78 is 0. The van der Waals surface area contributed by atoms with Crippen molar-refractivity contribution < 1.29 is 4.84 Å². The van der Waals surface area contributed by atoms with Gasteiger partial charge >= 0.3 is 0 Å². The fourth-order valence-electron chi connectivity index (χ4n) is 0.987. The van der Waals surface area contributed by atoms with Gasteiger partial charge in [-0.2, -0.15) is 0 Å². The highest BCUT2D eigenvalue weighted by molar-refractivity contribution is 7.12. The third-order valence-corrected chi connectivity index (χ3v) is 2.50. The van der Waals surface area contributed by atoms with Gasteiger partial charge in [-0.15, -0.1) is 20.4 Å². The molecule has 0 amide bonds. The molecule has 0 radical (unpaired) electrons. The summed E-state index contributed by atoms with van der Waals surface area (Å²) in [7, 11) is 0. The normalized spacial score (nSPS) is 10.1. The largest absolute Gasteiger partial charge is 0.354 e.